The molecule has 1 aliphatic rings. The lowest BCUT2D eigenvalue weighted by atomic mass is 9.81. The first-order valence-electron chi connectivity index (χ1n) is 6.17. The van der Waals surface area contributed by atoms with Gasteiger partial charge in [0.1, 0.15) is 0 Å². The lowest BCUT2D eigenvalue weighted by Crippen LogP contribution is -2.42. The highest BCUT2D eigenvalue weighted by Crippen LogP contribution is 2.29. The first-order chi connectivity index (χ1) is 7.60. The van der Waals surface area contributed by atoms with Crippen LogP contribution in [0.5, 0.6) is 0 Å². The van der Waals surface area contributed by atoms with Gasteiger partial charge in [0.2, 0.25) is 5.91 Å². The van der Waals surface area contributed by atoms with Crippen LogP contribution in [0.3, 0.4) is 0 Å². The van der Waals surface area contributed by atoms with Gasteiger partial charge in [0, 0.05) is 13.0 Å². The molecule has 0 aromatic rings. The normalized spacial score (nSPS) is 27.5. The number of hydrogen-bond acceptors (Lipinski definition) is 3. The summed E-state index contributed by atoms with van der Waals surface area (Å²) in [5, 5.41) is 9.02. The second-order valence-corrected chi connectivity index (χ2v) is 4.93. The van der Waals surface area contributed by atoms with Crippen LogP contribution >= 0.6 is 0 Å². The Morgan fingerprint density at radius 2 is 2.00 bits per heavy atom. The Balaban J connectivity index is 2.44. The number of amides is 1. The summed E-state index contributed by atoms with van der Waals surface area (Å²) >= 11 is 0. The Hall–Kier alpha value is -0.610. The Labute approximate surface area is 97.8 Å². The number of rotatable bonds is 4. The highest BCUT2D eigenvalue weighted by molar-refractivity contribution is 5.78. The van der Waals surface area contributed by atoms with E-state index in [-0.39, 0.29) is 24.5 Å². The number of nitrogens with zero attached hydrogens (tertiary/aromatic N) is 1. The molecule has 0 radical (unpaired) electrons. The molecule has 0 heterocycles. The van der Waals surface area contributed by atoms with E-state index >= 15 is 0 Å². The van der Waals surface area contributed by atoms with Crippen molar-refractivity contribution in [3.8, 4) is 0 Å². The van der Waals surface area contributed by atoms with Gasteiger partial charge in [-0.3, -0.25) is 4.79 Å². The van der Waals surface area contributed by atoms with Crippen molar-refractivity contribution in [2.75, 3.05) is 20.2 Å². The van der Waals surface area contributed by atoms with Crippen molar-refractivity contribution in [1.82, 2.24) is 4.90 Å². The summed E-state index contributed by atoms with van der Waals surface area (Å²) in [5.74, 6) is 0.920. The Bertz CT molecular complexity index is 225. The standard InChI is InChI=1S/C12H24N2O2/c1-9(8-15)14(2)12(16)11-5-3-10(7-13)4-6-11/h9-11,15H,3-8,13H2,1-2H3. The zero-order chi connectivity index (χ0) is 12.1. The second kappa shape index (κ2) is 6.21. The van der Waals surface area contributed by atoms with Gasteiger partial charge in [-0.1, -0.05) is 0 Å². The molecule has 0 aliphatic heterocycles. The molecule has 0 spiro atoms. The van der Waals surface area contributed by atoms with Crippen molar-refractivity contribution in [1.29, 1.82) is 0 Å². The SMILES string of the molecule is CC(CO)N(C)C(=O)C1CCC(CN)CC1. The van der Waals surface area contributed by atoms with Crippen LogP contribution in [-0.2, 0) is 4.79 Å². The number of nitrogens with two attached hydrogens (primary N) is 1. The van der Waals surface area contributed by atoms with E-state index in [2.05, 4.69) is 0 Å². The minimum Gasteiger partial charge on any atom is -0.394 e. The molecule has 1 amide bonds. The molecule has 3 N–H and O–H groups in total. The molecule has 16 heavy (non-hydrogen) atoms. The van der Waals surface area contributed by atoms with Gasteiger partial charge in [-0.25, -0.2) is 0 Å². The molecule has 1 fully saturated rings. The number of aliphatic hydroxyl groups is 1. The van der Waals surface area contributed by atoms with E-state index in [1.165, 1.54) is 0 Å². The van der Waals surface area contributed by atoms with Gasteiger partial charge in [-0.15, -0.1) is 0 Å². The highest BCUT2D eigenvalue weighted by Gasteiger charge is 2.28. The van der Waals surface area contributed by atoms with Gasteiger partial charge in [0.25, 0.3) is 0 Å². The van der Waals surface area contributed by atoms with Gasteiger partial charge < -0.3 is 15.7 Å². The van der Waals surface area contributed by atoms with E-state index in [1.54, 1.807) is 11.9 Å². The van der Waals surface area contributed by atoms with E-state index in [4.69, 9.17) is 10.8 Å². The molecule has 0 aromatic carbocycles. The van der Waals surface area contributed by atoms with Crippen molar-refractivity contribution in [3.05, 3.63) is 0 Å². The average Bonchev–Trinajstić information content (AvgIpc) is 2.36. The van der Waals surface area contributed by atoms with Crippen molar-refractivity contribution in [2.24, 2.45) is 17.6 Å². The molecule has 94 valence electrons. The first-order valence-corrected chi connectivity index (χ1v) is 6.17. The lowest BCUT2D eigenvalue weighted by Gasteiger charge is -2.32. The molecule has 1 unspecified atom stereocenters. The van der Waals surface area contributed by atoms with Gasteiger partial charge in [-0.2, -0.15) is 0 Å². The molecule has 0 aromatic heterocycles. The van der Waals surface area contributed by atoms with Crippen LogP contribution < -0.4 is 5.73 Å². The molecule has 1 saturated carbocycles. The van der Waals surface area contributed by atoms with Gasteiger partial charge in [-0.05, 0) is 45.1 Å². The maximum absolute atomic E-state index is 12.1. The lowest BCUT2D eigenvalue weighted by molar-refractivity contribution is -0.138. The predicted molar refractivity (Wildman–Crippen MR) is 63.8 cm³/mol. The summed E-state index contributed by atoms with van der Waals surface area (Å²) in [5.41, 5.74) is 5.63. The molecule has 1 atom stereocenters. The third-order valence-electron chi connectivity index (χ3n) is 3.80. The zero-order valence-electron chi connectivity index (χ0n) is 10.4. The van der Waals surface area contributed by atoms with Crippen LogP contribution in [0.1, 0.15) is 32.6 Å². The van der Waals surface area contributed by atoms with Crippen molar-refractivity contribution in [2.45, 2.75) is 38.6 Å². The third kappa shape index (κ3) is 3.19. The van der Waals surface area contributed by atoms with E-state index in [0.29, 0.717) is 5.92 Å². The Kier molecular flexibility index (Phi) is 5.22. The fourth-order valence-corrected chi connectivity index (χ4v) is 2.27. The maximum atomic E-state index is 12.1. The number of hydrogen-bond donors (Lipinski definition) is 2. The second-order valence-electron chi connectivity index (χ2n) is 4.93. The summed E-state index contributed by atoms with van der Waals surface area (Å²) in [7, 11) is 1.78. The van der Waals surface area contributed by atoms with E-state index in [1.807, 2.05) is 6.92 Å². The fraction of sp³-hybridized carbons (Fsp3) is 0.917. The van der Waals surface area contributed by atoms with Crippen LogP contribution in [0.4, 0.5) is 0 Å². The van der Waals surface area contributed by atoms with Crippen LogP contribution in [-0.4, -0.2) is 42.2 Å². The van der Waals surface area contributed by atoms with E-state index in [0.717, 1.165) is 32.2 Å². The van der Waals surface area contributed by atoms with Crippen LogP contribution in [0.2, 0.25) is 0 Å². The Morgan fingerprint density at radius 1 is 1.44 bits per heavy atom. The van der Waals surface area contributed by atoms with Gasteiger partial charge in [0.15, 0.2) is 0 Å². The predicted octanol–water partition coefficient (Wildman–Crippen LogP) is 0.591. The highest BCUT2D eigenvalue weighted by atomic mass is 16.3. The van der Waals surface area contributed by atoms with Gasteiger partial charge >= 0.3 is 0 Å². The summed E-state index contributed by atoms with van der Waals surface area (Å²) in [6, 6.07) is -0.0836. The minimum absolute atomic E-state index is 0.0282. The molecule has 0 saturated heterocycles. The van der Waals surface area contributed by atoms with Crippen LogP contribution in [0, 0.1) is 11.8 Å². The van der Waals surface area contributed by atoms with Gasteiger partial charge in [0.05, 0.1) is 12.6 Å². The minimum atomic E-state index is -0.0836. The molecule has 1 aliphatic carbocycles. The molecule has 4 nitrogen and oxygen atoms in total. The average molecular weight is 228 g/mol. The number of likely N-dealkylation sites (N-methyl/N-ethyl adjacent to an activating group) is 1. The first kappa shape index (κ1) is 13.5. The van der Waals surface area contributed by atoms with Crippen LogP contribution in [0.15, 0.2) is 0 Å². The molecule has 1 rings (SSSR count). The number of carbonyl (C=O) groups is 1. The molecule has 0 bridgehead atoms. The zero-order valence-corrected chi connectivity index (χ0v) is 10.4. The van der Waals surface area contributed by atoms with E-state index < -0.39 is 0 Å². The smallest absolute Gasteiger partial charge is 0.225 e. The van der Waals surface area contributed by atoms with E-state index in [9.17, 15) is 4.79 Å². The number of aliphatic hydroxyl groups excluding tert-OH is 1. The summed E-state index contributed by atoms with van der Waals surface area (Å²) < 4.78 is 0. The van der Waals surface area contributed by atoms with Crippen molar-refractivity contribution in [3.63, 3.8) is 0 Å². The maximum Gasteiger partial charge on any atom is 0.225 e. The number of carbonyl (C=O) groups excluding carboxylic acids is 1. The third-order valence-corrected chi connectivity index (χ3v) is 3.80. The monoisotopic (exact) mass is 228 g/mol. The quantitative estimate of drug-likeness (QED) is 0.740. The molecular formula is C12H24N2O2. The fourth-order valence-electron chi connectivity index (χ4n) is 2.27. The topological polar surface area (TPSA) is 66.6 Å². The largest absolute Gasteiger partial charge is 0.394 e. The van der Waals surface area contributed by atoms with Crippen molar-refractivity contribution >= 4 is 5.91 Å². The Morgan fingerprint density at radius 3 is 2.44 bits per heavy atom. The summed E-state index contributed by atoms with van der Waals surface area (Å²) in [6.07, 6.45) is 4.02. The molecular weight excluding hydrogens is 204 g/mol. The summed E-state index contributed by atoms with van der Waals surface area (Å²) in [4.78, 5) is 13.8. The van der Waals surface area contributed by atoms with Crippen LogP contribution in [0.25, 0.3) is 0 Å². The molecule has 4 heteroatoms. The van der Waals surface area contributed by atoms with Crippen molar-refractivity contribution < 1.29 is 9.90 Å². The summed E-state index contributed by atoms with van der Waals surface area (Å²) in [6.45, 7) is 2.63.